The fourth-order valence-corrected chi connectivity index (χ4v) is 2.98. The van der Waals surface area contributed by atoms with Crippen LogP contribution < -0.4 is 19.5 Å². The molecule has 0 bridgehead atoms. The smallest absolute Gasteiger partial charge is 0.231 e. The lowest BCUT2D eigenvalue weighted by molar-refractivity contribution is 0.324. The van der Waals surface area contributed by atoms with E-state index in [1.165, 1.54) is 21.3 Å². The topological polar surface area (TPSA) is 85.6 Å². The maximum Gasteiger partial charge on any atom is 0.231 e. The molecule has 9 heteroatoms. The van der Waals surface area contributed by atoms with Gasteiger partial charge in [-0.15, -0.1) is 0 Å². The van der Waals surface area contributed by atoms with Gasteiger partial charge in [0, 0.05) is 11.8 Å². The van der Waals surface area contributed by atoms with Gasteiger partial charge in [0.25, 0.3) is 0 Å². The zero-order chi connectivity index (χ0) is 20.3. The largest absolute Gasteiger partial charge is 0.493 e. The number of ether oxygens (including phenoxy) is 3. The Labute approximate surface area is 167 Å². The van der Waals surface area contributed by atoms with Crippen LogP contribution in [0.2, 0.25) is 5.15 Å². The predicted octanol–water partition coefficient (Wildman–Crippen LogP) is 4.75. The van der Waals surface area contributed by atoms with E-state index < -0.39 is 0 Å². The summed E-state index contributed by atoms with van der Waals surface area (Å²) in [5.41, 5.74) is 2.37. The van der Waals surface area contributed by atoms with Gasteiger partial charge in [-0.1, -0.05) is 11.6 Å². The summed E-state index contributed by atoms with van der Waals surface area (Å²) >= 11 is 6.28. The number of rotatable bonds is 6. The Kier molecular flexibility index (Phi) is 5.57. The average molecular weight is 400 g/mol. The molecule has 2 N–H and O–H groups in total. The minimum Gasteiger partial charge on any atom is -0.493 e. The van der Waals surface area contributed by atoms with Gasteiger partial charge in [-0.3, -0.25) is 5.10 Å². The van der Waals surface area contributed by atoms with E-state index in [4.69, 9.17) is 32.4 Å². The van der Waals surface area contributed by atoms with Gasteiger partial charge in [-0.25, -0.2) is 9.83 Å². The SMILES string of the molecule is [C-]#[N+]c1c(-c2cc(OC)c(OC)c(OC)c2)cc(Nc2cc(C)[nH]n2)nc1Cl. The predicted molar refractivity (Wildman–Crippen MR) is 107 cm³/mol. The number of methoxy groups -OCH3 is 3. The Morgan fingerprint density at radius 2 is 1.71 bits per heavy atom. The molecule has 3 rings (SSSR count). The molecule has 0 fully saturated rings. The normalized spacial score (nSPS) is 10.3. The van der Waals surface area contributed by atoms with Crippen molar-refractivity contribution >= 4 is 28.9 Å². The molecule has 0 amide bonds. The first-order chi connectivity index (χ1) is 13.5. The van der Waals surface area contributed by atoms with Crippen LogP contribution in [0.15, 0.2) is 24.3 Å². The summed E-state index contributed by atoms with van der Waals surface area (Å²) < 4.78 is 16.2. The minimum absolute atomic E-state index is 0.0796. The van der Waals surface area contributed by atoms with Crippen molar-refractivity contribution in [1.29, 1.82) is 0 Å². The summed E-state index contributed by atoms with van der Waals surface area (Å²) in [5.74, 6) is 2.44. The number of H-pyrrole nitrogens is 1. The standard InChI is InChI=1S/C19H18ClN5O3/c1-10-6-16(25-24-10)22-15-9-12(17(21-2)19(20)23-15)11-7-13(26-3)18(28-5)14(8-11)27-4/h6-9H,1,3-5H3,(H2,22,23,24,25). The van der Waals surface area contributed by atoms with Crippen LogP contribution in [-0.2, 0) is 0 Å². The van der Waals surface area contributed by atoms with Gasteiger partial charge in [0.05, 0.1) is 27.9 Å². The molecule has 28 heavy (non-hydrogen) atoms. The fraction of sp³-hybridized carbons (Fsp3) is 0.211. The zero-order valence-corrected chi connectivity index (χ0v) is 16.5. The third-order valence-electron chi connectivity index (χ3n) is 4.00. The molecule has 1 aromatic carbocycles. The van der Waals surface area contributed by atoms with Crippen molar-refractivity contribution < 1.29 is 14.2 Å². The van der Waals surface area contributed by atoms with Gasteiger partial charge in [-0.2, -0.15) is 5.10 Å². The second-order valence-corrected chi connectivity index (χ2v) is 6.14. The van der Waals surface area contributed by atoms with Crippen molar-refractivity contribution in [2.45, 2.75) is 6.92 Å². The second kappa shape index (κ2) is 8.06. The van der Waals surface area contributed by atoms with Gasteiger partial charge >= 0.3 is 0 Å². The highest BCUT2D eigenvalue weighted by atomic mass is 35.5. The quantitative estimate of drug-likeness (QED) is 0.459. The summed E-state index contributed by atoms with van der Waals surface area (Å²) in [4.78, 5) is 7.80. The Morgan fingerprint density at radius 3 is 2.21 bits per heavy atom. The number of hydrogen-bond acceptors (Lipinski definition) is 6. The van der Waals surface area contributed by atoms with E-state index in [0.29, 0.717) is 40.0 Å². The Bertz CT molecular complexity index is 1030. The van der Waals surface area contributed by atoms with Gasteiger partial charge in [-0.05, 0) is 36.2 Å². The minimum atomic E-state index is 0.0796. The number of aryl methyl sites for hydroxylation is 1. The van der Waals surface area contributed by atoms with Crippen LogP contribution in [0.25, 0.3) is 16.0 Å². The van der Waals surface area contributed by atoms with Crippen molar-refractivity contribution in [3.63, 3.8) is 0 Å². The summed E-state index contributed by atoms with van der Waals surface area (Å²) in [6.07, 6.45) is 0. The first-order valence-corrected chi connectivity index (χ1v) is 8.56. The first-order valence-electron chi connectivity index (χ1n) is 8.18. The molecule has 0 aliphatic carbocycles. The number of pyridine rings is 1. The van der Waals surface area contributed by atoms with Crippen LogP contribution >= 0.6 is 11.6 Å². The molecule has 0 radical (unpaired) electrons. The van der Waals surface area contributed by atoms with Gasteiger partial charge in [0.15, 0.2) is 17.3 Å². The summed E-state index contributed by atoms with van der Waals surface area (Å²) in [6, 6.07) is 7.07. The molecular weight excluding hydrogens is 382 g/mol. The number of halogens is 1. The van der Waals surface area contributed by atoms with Crippen molar-refractivity contribution in [2.24, 2.45) is 0 Å². The van der Waals surface area contributed by atoms with Crippen LogP contribution in [0.5, 0.6) is 17.2 Å². The van der Waals surface area contributed by atoms with E-state index in [0.717, 1.165) is 5.69 Å². The van der Waals surface area contributed by atoms with Crippen LogP contribution in [0.3, 0.4) is 0 Å². The molecule has 0 saturated carbocycles. The lowest BCUT2D eigenvalue weighted by atomic mass is 10.0. The summed E-state index contributed by atoms with van der Waals surface area (Å²) in [7, 11) is 4.59. The van der Waals surface area contributed by atoms with Gasteiger partial charge in [0.2, 0.25) is 11.4 Å². The van der Waals surface area contributed by atoms with E-state index >= 15 is 0 Å². The highest BCUT2D eigenvalue weighted by Crippen LogP contribution is 2.45. The fourth-order valence-electron chi connectivity index (χ4n) is 2.75. The van der Waals surface area contributed by atoms with E-state index in [1.54, 1.807) is 18.2 Å². The zero-order valence-electron chi connectivity index (χ0n) is 15.8. The molecular formula is C19H18ClN5O3. The van der Waals surface area contributed by atoms with E-state index in [1.807, 2.05) is 13.0 Å². The molecule has 0 spiro atoms. The van der Waals surface area contributed by atoms with E-state index in [2.05, 4.69) is 25.3 Å². The molecule has 0 atom stereocenters. The molecule has 0 aliphatic rings. The van der Waals surface area contributed by atoms with Gasteiger partial charge in [0.1, 0.15) is 11.0 Å². The molecule has 0 unspecified atom stereocenters. The highest BCUT2D eigenvalue weighted by molar-refractivity contribution is 6.33. The van der Waals surface area contributed by atoms with E-state index in [9.17, 15) is 0 Å². The number of nitrogens with one attached hydrogen (secondary N) is 2. The van der Waals surface area contributed by atoms with Crippen molar-refractivity contribution in [1.82, 2.24) is 15.2 Å². The molecule has 0 saturated heterocycles. The first kappa shape index (κ1) is 19.3. The Morgan fingerprint density at radius 1 is 1.04 bits per heavy atom. The lowest BCUT2D eigenvalue weighted by Crippen LogP contribution is -1.98. The molecule has 144 valence electrons. The average Bonchev–Trinajstić information content (AvgIpc) is 3.10. The van der Waals surface area contributed by atoms with Crippen LogP contribution in [0.4, 0.5) is 17.3 Å². The second-order valence-electron chi connectivity index (χ2n) is 5.78. The van der Waals surface area contributed by atoms with Crippen LogP contribution in [0.1, 0.15) is 5.69 Å². The molecule has 8 nitrogen and oxygen atoms in total. The number of nitrogens with zero attached hydrogens (tertiary/aromatic N) is 3. The monoisotopic (exact) mass is 399 g/mol. The molecule has 2 aromatic heterocycles. The molecule has 0 aliphatic heterocycles. The highest BCUT2D eigenvalue weighted by Gasteiger charge is 2.19. The number of hydrogen-bond donors (Lipinski definition) is 2. The van der Waals surface area contributed by atoms with Crippen LogP contribution in [-0.4, -0.2) is 36.5 Å². The third-order valence-corrected chi connectivity index (χ3v) is 4.26. The van der Waals surface area contributed by atoms with E-state index in [-0.39, 0.29) is 10.8 Å². The third kappa shape index (κ3) is 3.66. The number of benzene rings is 1. The number of aromatic amines is 1. The summed E-state index contributed by atoms with van der Waals surface area (Å²) in [6.45, 7) is 9.41. The number of aromatic nitrogens is 3. The Hall–Kier alpha value is -3.44. The number of anilines is 2. The van der Waals surface area contributed by atoms with Crippen molar-refractivity contribution in [3.05, 3.63) is 46.5 Å². The maximum atomic E-state index is 7.52. The molecule has 2 heterocycles. The molecule has 3 aromatic rings. The maximum absolute atomic E-state index is 7.52. The van der Waals surface area contributed by atoms with Crippen molar-refractivity contribution in [3.8, 4) is 28.4 Å². The van der Waals surface area contributed by atoms with Crippen molar-refractivity contribution in [2.75, 3.05) is 26.6 Å². The van der Waals surface area contributed by atoms with Gasteiger partial charge < -0.3 is 19.5 Å². The Balaban J connectivity index is 2.16. The van der Waals surface area contributed by atoms with Crippen LogP contribution in [0, 0.1) is 13.5 Å². The lowest BCUT2D eigenvalue weighted by Gasteiger charge is -2.16. The summed E-state index contributed by atoms with van der Waals surface area (Å²) in [5, 5.41) is 10.1.